The van der Waals surface area contributed by atoms with Crippen LogP contribution in [0.2, 0.25) is 0 Å². The van der Waals surface area contributed by atoms with Crippen molar-refractivity contribution in [2.75, 3.05) is 0 Å². The molecule has 6 heteroatoms. The first-order valence-corrected chi connectivity index (χ1v) is 7.07. The van der Waals surface area contributed by atoms with Crippen LogP contribution < -0.4 is 0 Å². The van der Waals surface area contributed by atoms with Gasteiger partial charge in [-0.3, -0.25) is 9.59 Å². The Morgan fingerprint density at radius 3 is 2.43 bits per heavy atom. The molecule has 0 aromatic heterocycles. The number of esters is 2. The molecule has 0 bridgehead atoms. The van der Waals surface area contributed by atoms with Crippen LogP contribution in [0.4, 0.5) is 0 Å². The zero-order valence-corrected chi connectivity index (χ0v) is 12.9. The van der Waals surface area contributed by atoms with E-state index in [9.17, 15) is 14.4 Å². The zero-order valence-electron chi connectivity index (χ0n) is 11.3. The van der Waals surface area contributed by atoms with E-state index in [1.807, 2.05) is 6.07 Å². The van der Waals surface area contributed by atoms with Crippen LogP contribution in [0.5, 0.6) is 0 Å². The van der Waals surface area contributed by atoms with Crippen molar-refractivity contribution in [3.05, 3.63) is 46.5 Å². The second-order valence-corrected chi connectivity index (χ2v) is 5.23. The van der Waals surface area contributed by atoms with Gasteiger partial charge >= 0.3 is 17.9 Å². The number of halogens is 1. The topological polar surface area (TPSA) is 80.7 Å². The fraction of sp³-hybridized carbons (Fsp3) is 0.267. The first kappa shape index (κ1) is 17.1. The molecule has 0 radical (unpaired) electrons. The molecule has 1 rings (SSSR count). The molecule has 1 N–H and O–H groups in total. The molecule has 0 unspecified atom stereocenters. The molecule has 0 aliphatic rings. The van der Waals surface area contributed by atoms with E-state index in [0.29, 0.717) is 0 Å². The third kappa shape index (κ3) is 6.35. The Kier molecular flexibility index (Phi) is 6.81. The van der Waals surface area contributed by atoms with Crippen LogP contribution in [0.1, 0.15) is 24.8 Å². The Morgan fingerprint density at radius 1 is 1.14 bits per heavy atom. The summed E-state index contributed by atoms with van der Waals surface area (Å²) in [5.74, 6) is -2.39. The molecule has 5 nitrogen and oxygen atoms in total. The van der Waals surface area contributed by atoms with Crippen LogP contribution in [0.25, 0.3) is 0 Å². The lowest BCUT2D eigenvalue weighted by Gasteiger charge is -2.05. The lowest BCUT2D eigenvalue weighted by molar-refractivity contribution is -0.159. The van der Waals surface area contributed by atoms with Gasteiger partial charge in [0.1, 0.15) is 0 Å². The molecule has 0 fully saturated rings. The lowest BCUT2D eigenvalue weighted by atomic mass is 10.1. The van der Waals surface area contributed by atoms with E-state index >= 15 is 0 Å². The summed E-state index contributed by atoms with van der Waals surface area (Å²) in [6.45, 7) is 3.35. The minimum Gasteiger partial charge on any atom is -0.478 e. The number of hydrogen-bond donors (Lipinski definition) is 1. The second kappa shape index (κ2) is 8.36. The van der Waals surface area contributed by atoms with Gasteiger partial charge in [-0.05, 0) is 24.5 Å². The molecule has 0 aliphatic heterocycles. The van der Waals surface area contributed by atoms with Gasteiger partial charge in [0.25, 0.3) is 0 Å². The molecule has 1 aromatic carbocycles. The van der Waals surface area contributed by atoms with Crippen molar-refractivity contribution in [3.63, 3.8) is 0 Å². The average molecular weight is 355 g/mol. The van der Waals surface area contributed by atoms with Gasteiger partial charge in [0.2, 0.25) is 0 Å². The highest BCUT2D eigenvalue weighted by Crippen LogP contribution is 2.16. The molecule has 0 saturated carbocycles. The number of carboxylic acids is 1. The largest absolute Gasteiger partial charge is 0.478 e. The van der Waals surface area contributed by atoms with E-state index in [0.717, 1.165) is 10.0 Å². The molecular weight excluding hydrogens is 340 g/mol. The minimum atomic E-state index is -1.09. The molecule has 0 heterocycles. The third-order valence-corrected chi connectivity index (χ3v) is 3.46. The SMILES string of the molecule is C=C(CCCC(=O)OC(=O)Cc1ccccc1Br)C(=O)O. The maximum absolute atomic E-state index is 11.6. The fourth-order valence-corrected chi connectivity index (χ4v) is 1.99. The number of carboxylic acid groups (broad SMARTS) is 1. The highest BCUT2D eigenvalue weighted by atomic mass is 79.9. The van der Waals surface area contributed by atoms with E-state index in [2.05, 4.69) is 27.2 Å². The fourth-order valence-electron chi connectivity index (χ4n) is 1.56. The molecule has 0 amide bonds. The third-order valence-electron chi connectivity index (χ3n) is 2.68. The molecule has 0 spiro atoms. The predicted octanol–water partition coefficient (Wildman–Crippen LogP) is 2.87. The van der Waals surface area contributed by atoms with Crippen LogP contribution in [0.3, 0.4) is 0 Å². The van der Waals surface area contributed by atoms with Gasteiger partial charge in [-0.15, -0.1) is 0 Å². The molecule has 0 atom stereocenters. The Morgan fingerprint density at radius 2 is 1.81 bits per heavy atom. The Labute approximate surface area is 130 Å². The quantitative estimate of drug-likeness (QED) is 0.462. The molecule has 112 valence electrons. The van der Waals surface area contributed by atoms with Crippen molar-refractivity contribution in [2.24, 2.45) is 0 Å². The highest BCUT2D eigenvalue weighted by molar-refractivity contribution is 9.10. The number of carbonyl (C=O) groups excluding carboxylic acids is 2. The minimum absolute atomic E-state index is 0.00496. The van der Waals surface area contributed by atoms with Crippen LogP contribution >= 0.6 is 15.9 Å². The monoisotopic (exact) mass is 354 g/mol. The van der Waals surface area contributed by atoms with Gasteiger partial charge in [-0.1, -0.05) is 40.7 Å². The summed E-state index contributed by atoms with van der Waals surface area (Å²) in [4.78, 5) is 33.6. The number of carbonyl (C=O) groups is 3. The van der Waals surface area contributed by atoms with Crippen LogP contribution in [-0.2, 0) is 25.5 Å². The number of ether oxygens (including phenoxy) is 1. The van der Waals surface area contributed by atoms with E-state index in [4.69, 9.17) is 5.11 Å². The van der Waals surface area contributed by atoms with Gasteiger partial charge < -0.3 is 9.84 Å². The first-order chi connectivity index (χ1) is 9.90. The van der Waals surface area contributed by atoms with Crippen molar-refractivity contribution in [3.8, 4) is 0 Å². The standard InChI is InChI=1S/C15H15BrO5/c1-10(15(19)20)5-4-8-13(17)21-14(18)9-11-6-2-3-7-12(11)16/h2-3,6-7H,1,4-5,8-9H2,(H,19,20). The number of benzene rings is 1. The van der Waals surface area contributed by atoms with Crippen molar-refractivity contribution < 1.29 is 24.2 Å². The number of rotatable bonds is 7. The smallest absolute Gasteiger partial charge is 0.330 e. The number of aliphatic carboxylic acids is 1. The molecule has 0 aliphatic carbocycles. The van der Waals surface area contributed by atoms with Gasteiger partial charge in [-0.2, -0.15) is 0 Å². The Balaban J connectivity index is 2.35. The van der Waals surface area contributed by atoms with Crippen molar-refractivity contribution in [2.45, 2.75) is 25.7 Å². The molecule has 1 aromatic rings. The summed E-state index contributed by atoms with van der Waals surface area (Å²) in [7, 11) is 0. The van der Waals surface area contributed by atoms with Crippen molar-refractivity contribution >= 4 is 33.8 Å². The van der Waals surface area contributed by atoms with Crippen molar-refractivity contribution in [1.29, 1.82) is 0 Å². The van der Waals surface area contributed by atoms with Crippen molar-refractivity contribution in [1.82, 2.24) is 0 Å². The molecule has 0 saturated heterocycles. The maximum atomic E-state index is 11.6. The van der Waals surface area contributed by atoms with Crippen LogP contribution in [-0.4, -0.2) is 23.0 Å². The van der Waals surface area contributed by atoms with Gasteiger partial charge in [0.15, 0.2) is 0 Å². The van der Waals surface area contributed by atoms with Gasteiger partial charge in [0, 0.05) is 16.5 Å². The van der Waals surface area contributed by atoms with E-state index < -0.39 is 17.9 Å². The summed E-state index contributed by atoms with van der Waals surface area (Å²) in [6.07, 6.45) is 0.443. The van der Waals surface area contributed by atoms with E-state index in [-0.39, 0.29) is 31.3 Å². The Hall–Kier alpha value is -1.95. The molecular formula is C15H15BrO5. The Bertz CT molecular complexity index is 565. The van der Waals surface area contributed by atoms with Crippen LogP contribution in [0.15, 0.2) is 40.9 Å². The summed E-state index contributed by atoms with van der Waals surface area (Å²) in [6, 6.07) is 7.15. The average Bonchev–Trinajstić information content (AvgIpc) is 2.41. The second-order valence-electron chi connectivity index (χ2n) is 4.38. The van der Waals surface area contributed by atoms with Gasteiger partial charge in [0.05, 0.1) is 6.42 Å². The zero-order chi connectivity index (χ0) is 15.8. The molecule has 21 heavy (non-hydrogen) atoms. The number of hydrogen-bond acceptors (Lipinski definition) is 4. The van der Waals surface area contributed by atoms with E-state index in [1.54, 1.807) is 18.2 Å². The highest BCUT2D eigenvalue weighted by Gasteiger charge is 2.13. The van der Waals surface area contributed by atoms with E-state index in [1.165, 1.54) is 0 Å². The lowest BCUT2D eigenvalue weighted by Crippen LogP contribution is -2.14. The van der Waals surface area contributed by atoms with Crippen LogP contribution in [0, 0.1) is 0 Å². The predicted molar refractivity (Wildman–Crippen MR) is 79.6 cm³/mol. The summed E-state index contributed by atoms with van der Waals surface area (Å²) >= 11 is 3.30. The normalized spacial score (nSPS) is 9.95. The van der Waals surface area contributed by atoms with Gasteiger partial charge in [-0.25, -0.2) is 4.79 Å². The summed E-state index contributed by atoms with van der Waals surface area (Å²) in [5.41, 5.74) is 0.761. The first-order valence-electron chi connectivity index (χ1n) is 6.28. The summed E-state index contributed by atoms with van der Waals surface area (Å²) < 4.78 is 5.45. The maximum Gasteiger partial charge on any atom is 0.330 e. The summed E-state index contributed by atoms with van der Waals surface area (Å²) in [5, 5.41) is 8.61.